The molecule has 0 atom stereocenters. The van der Waals surface area contributed by atoms with E-state index in [4.69, 9.17) is 0 Å². The highest BCUT2D eigenvalue weighted by Crippen LogP contribution is 2.31. The second kappa shape index (κ2) is 6.27. The summed E-state index contributed by atoms with van der Waals surface area (Å²) in [7, 11) is 0. The van der Waals surface area contributed by atoms with Crippen LogP contribution in [0.4, 0.5) is 18.9 Å². The fourth-order valence-corrected chi connectivity index (χ4v) is 2.76. The van der Waals surface area contributed by atoms with Crippen LogP contribution in [-0.4, -0.2) is 15.5 Å². The molecular formula is C16H11BrF3N3O. The van der Waals surface area contributed by atoms with Crippen LogP contribution in [0.3, 0.4) is 0 Å². The summed E-state index contributed by atoms with van der Waals surface area (Å²) in [5.74, 6) is -1.66. The van der Waals surface area contributed by atoms with E-state index in [-0.39, 0.29) is 11.0 Å². The van der Waals surface area contributed by atoms with Crippen molar-refractivity contribution in [3.05, 3.63) is 58.8 Å². The molecule has 0 aliphatic rings. The Balaban J connectivity index is 1.92. The number of carbonyl (C=O) groups excluding carboxylic acids is 1. The minimum absolute atomic E-state index is 0.195. The lowest BCUT2D eigenvalue weighted by Gasteiger charge is -2.12. The van der Waals surface area contributed by atoms with Crippen molar-refractivity contribution in [2.75, 3.05) is 5.32 Å². The summed E-state index contributed by atoms with van der Waals surface area (Å²) in [5, 5.41) is 2.58. The molecule has 2 aromatic carbocycles. The number of aromatic nitrogens is 2. The van der Waals surface area contributed by atoms with Gasteiger partial charge in [0, 0.05) is 10.2 Å². The number of carbonyl (C=O) groups is 1. The third-order valence-corrected chi connectivity index (χ3v) is 3.81. The molecule has 0 saturated carbocycles. The molecule has 0 fully saturated rings. The Morgan fingerprint density at radius 2 is 1.92 bits per heavy atom. The van der Waals surface area contributed by atoms with E-state index in [0.29, 0.717) is 5.69 Å². The maximum atomic E-state index is 13.2. The first-order valence-electron chi connectivity index (χ1n) is 6.92. The van der Waals surface area contributed by atoms with Gasteiger partial charge in [-0.3, -0.25) is 4.79 Å². The molecule has 0 unspecified atom stereocenters. The highest BCUT2D eigenvalue weighted by Gasteiger charge is 2.37. The van der Waals surface area contributed by atoms with E-state index >= 15 is 0 Å². The Morgan fingerprint density at radius 1 is 1.17 bits per heavy atom. The number of alkyl halides is 3. The van der Waals surface area contributed by atoms with E-state index in [1.807, 2.05) is 0 Å². The van der Waals surface area contributed by atoms with Crippen molar-refractivity contribution in [2.45, 2.75) is 12.7 Å². The van der Waals surface area contributed by atoms with E-state index in [0.717, 1.165) is 9.04 Å². The van der Waals surface area contributed by atoms with Gasteiger partial charge >= 0.3 is 6.18 Å². The molecule has 8 heteroatoms. The molecule has 4 nitrogen and oxygen atoms in total. The van der Waals surface area contributed by atoms with Gasteiger partial charge in [0.15, 0.2) is 0 Å². The molecule has 1 amide bonds. The Morgan fingerprint density at radius 3 is 2.62 bits per heavy atom. The smallest absolute Gasteiger partial charge is 0.324 e. The number of halogens is 4. The van der Waals surface area contributed by atoms with Crippen LogP contribution in [0.2, 0.25) is 0 Å². The number of anilines is 1. The van der Waals surface area contributed by atoms with Crippen LogP contribution in [0, 0.1) is 0 Å². The maximum Gasteiger partial charge on any atom is 0.449 e. The lowest BCUT2D eigenvalue weighted by molar-refractivity contribution is -0.147. The van der Waals surface area contributed by atoms with E-state index in [1.165, 1.54) is 12.1 Å². The number of fused-ring (bicyclic) bond motifs is 1. The summed E-state index contributed by atoms with van der Waals surface area (Å²) in [6.45, 7) is -0.484. The zero-order valence-corrected chi connectivity index (χ0v) is 13.7. The van der Waals surface area contributed by atoms with Gasteiger partial charge in [0.25, 0.3) is 0 Å². The lowest BCUT2D eigenvalue weighted by atomic mass is 10.3. The summed E-state index contributed by atoms with van der Waals surface area (Å²) in [6.07, 6.45) is -4.64. The highest BCUT2D eigenvalue weighted by atomic mass is 79.9. The van der Waals surface area contributed by atoms with Gasteiger partial charge in [-0.25, -0.2) is 4.98 Å². The summed E-state index contributed by atoms with van der Waals surface area (Å²) in [5.41, 5.74) is 0.946. The lowest BCUT2D eigenvalue weighted by Crippen LogP contribution is -2.23. The Kier molecular flexibility index (Phi) is 4.31. The number of hydrogen-bond donors (Lipinski definition) is 1. The first kappa shape index (κ1) is 16.5. The summed E-state index contributed by atoms with van der Waals surface area (Å²) in [4.78, 5) is 15.8. The largest absolute Gasteiger partial charge is 0.449 e. The standard InChI is InChI=1S/C16H11BrF3N3O/c17-10-4-3-5-11(8-10)21-14(24)9-23-13-7-2-1-6-12(13)22-15(23)16(18,19)20/h1-8H,9H2,(H,21,24). The fraction of sp³-hybridized carbons (Fsp3) is 0.125. The van der Waals surface area contributed by atoms with Crippen LogP contribution in [0.25, 0.3) is 11.0 Å². The minimum Gasteiger partial charge on any atom is -0.324 e. The van der Waals surface area contributed by atoms with Gasteiger partial charge in [0.1, 0.15) is 6.54 Å². The van der Waals surface area contributed by atoms with Crippen molar-refractivity contribution >= 4 is 38.6 Å². The van der Waals surface area contributed by atoms with Crippen molar-refractivity contribution in [3.8, 4) is 0 Å². The molecule has 3 aromatic rings. The van der Waals surface area contributed by atoms with Gasteiger partial charge in [-0.05, 0) is 30.3 Å². The van der Waals surface area contributed by atoms with Crippen molar-refractivity contribution in [1.82, 2.24) is 9.55 Å². The maximum absolute atomic E-state index is 13.2. The number of rotatable bonds is 3. The second-order valence-corrected chi connectivity index (χ2v) is 5.98. The molecule has 0 spiro atoms. The zero-order chi connectivity index (χ0) is 17.3. The number of nitrogens with zero attached hydrogens (tertiary/aromatic N) is 2. The van der Waals surface area contributed by atoms with Crippen LogP contribution >= 0.6 is 15.9 Å². The molecule has 24 heavy (non-hydrogen) atoms. The SMILES string of the molecule is O=C(Cn1c(C(F)(F)F)nc2ccccc21)Nc1cccc(Br)c1. The number of imidazole rings is 1. The molecule has 124 valence electrons. The average Bonchev–Trinajstić information content (AvgIpc) is 2.86. The monoisotopic (exact) mass is 397 g/mol. The van der Waals surface area contributed by atoms with E-state index in [2.05, 4.69) is 26.2 Å². The van der Waals surface area contributed by atoms with Gasteiger partial charge in [-0.2, -0.15) is 13.2 Å². The van der Waals surface area contributed by atoms with Crippen LogP contribution in [0.15, 0.2) is 53.0 Å². The van der Waals surface area contributed by atoms with E-state index in [9.17, 15) is 18.0 Å². The molecule has 0 aliphatic carbocycles. The number of hydrogen-bond acceptors (Lipinski definition) is 2. The van der Waals surface area contributed by atoms with Crippen LogP contribution in [-0.2, 0) is 17.5 Å². The molecule has 0 bridgehead atoms. The Bertz CT molecular complexity index is 905. The summed E-state index contributed by atoms with van der Waals surface area (Å²) < 4.78 is 41.2. The number of amides is 1. The molecular weight excluding hydrogens is 387 g/mol. The van der Waals surface area contributed by atoms with Crippen molar-refractivity contribution in [2.24, 2.45) is 0 Å². The summed E-state index contributed by atoms with van der Waals surface area (Å²) in [6, 6.07) is 13.0. The number of nitrogens with one attached hydrogen (secondary N) is 1. The Hall–Kier alpha value is -2.35. The van der Waals surface area contributed by atoms with Crippen LogP contribution in [0.5, 0.6) is 0 Å². The van der Waals surface area contributed by atoms with E-state index < -0.39 is 24.5 Å². The average molecular weight is 398 g/mol. The molecule has 3 rings (SSSR count). The quantitative estimate of drug-likeness (QED) is 0.709. The second-order valence-electron chi connectivity index (χ2n) is 5.07. The molecule has 0 radical (unpaired) electrons. The third-order valence-electron chi connectivity index (χ3n) is 3.32. The Labute approximate surface area is 143 Å². The molecule has 1 heterocycles. The normalized spacial score (nSPS) is 11.7. The van der Waals surface area contributed by atoms with Gasteiger partial charge < -0.3 is 9.88 Å². The number of benzene rings is 2. The van der Waals surface area contributed by atoms with Crippen LogP contribution in [0.1, 0.15) is 5.82 Å². The first-order chi connectivity index (χ1) is 11.3. The van der Waals surface area contributed by atoms with Gasteiger partial charge in [-0.15, -0.1) is 0 Å². The topological polar surface area (TPSA) is 46.9 Å². The molecule has 0 saturated heterocycles. The van der Waals surface area contributed by atoms with Gasteiger partial charge in [-0.1, -0.05) is 34.1 Å². The minimum atomic E-state index is -4.64. The first-order valence-corrected chi connectivity index (χ1v) is 7.72. The number of para-hydroxylation sites is 2. The predicted molar refractivity (Wildman–Crippen MR) is 87.5 cm³/mol. The predicted octanol–water partition coefficient (Wildman–Crippen LogP) is 4.46. The van der Waals surface area contributed by atoms with Gasteiger partial charge in [0.2, 0.25) is 11.7 Å². The van der Waals surface area contributed by atoms with E-state index in [1.54, 1.807) is 36.4 Å². The summed E-state index contributed by atoms with van der Waals surface area (Å²) >= 11 is 3.27. The zero-order valence-electron chi connectivity index (χ0n) is 12.1. The molecule has 0 aliphatic heterocycles. The third kappa shape index (κ3) is 3.43. The molecule has 1 N–H and O–H groups in total. The highest BCUT2D eigenvalue weighted by molar-refractivity contribution is 9.10. The molecule has 1 aromatic heterocycles. The fourth-order valence-electron chi connectivity index (χ4n) is 2.36. The van der Waals surface area contributed by atoms with Gasteiger partial charge in [0.05, 0.1) is 11.0 Å². The van der Waals surface area contributed by atoms with Crippen molar-refractivity contribution < 1.29 is 18.0 Å². The van der Waals surface area contributed by atoms with Crippen molar-refractivity contribution in [1.29, 1.82) is 0 Å². The van der Waals surface area contributed by atoms with Crippen LogP contribution < -0.4 is 5.32 Å². The van der Waals surface area contributed by atoms with Crippen molar-refractivity contribution in [3.63, 3.8) is 0 Å².